The van der Waals surface area contributed by atoms with Crippen LogP contribution in [0.2, 0.25) is 0 Å². The maximum absolute atomic E-state index is 11.1. The van der Waals surface area contributed by atoms with Crippen LogP contribution in [-0.2, 0) is 0 Å². The molecule has 2 aromatic carbocycles. The number of hydrogen-bond acceptors (Lipinski definition) is 5. The predicted molar refractivity (Wildman–Crippen MR) is 109 cm³/mol. The minimum atomic E-state index is -0.962. The fourth-order valence-corrected chi connectivity index (χ4v) is 2.86. The summed E-state index contributed by atoms with van der Waals surface area (Å²) in [4.78, 5) is 20.8. The first-order chi connectivity index (χ1) is 14.1. The van der Waals surface area contributed by atoms with Crippen LogP contribution in [0.25, 0.3) is 11.3 Å². The first kappa shape index (κ1) is 20.1. The lowest BCUT2D eigenvalue weighted by Gasteiger charge is -2.22. The second kappa shape index (κ2) is 9.54. The topological polar surface area (TPSA) is 84.8 Å². The summed E-state index contributed by atoms with van der Waals surface area (Å²) in [7, 11) is 3.07. The number of carboxylic acid groups (broad SMARTS) is 1. The van der Waals surface area contributed by atoms with Crippen molar-refractivity contribution < 1.29 is 19.4 Å². The number of hydrogen-bond donors (Lipinski definition) is 1. The summed E-state index contributed by atoms with van der Waals surface area (Å²) in [6.07, 6.45) is 0.923. The van der Waals surface area contributed by atoms with Gasteiger partial charge in [0.05, 0.1) is 12.8 Å². The zero-order valence-corrected chi connectivity index (χ0v) is 16.4. The largest absolute Gasteiger partial charge is 0.486 e. The van der Waals surface area contributed by atoms with Crippen molar-refractivity contribution in [2.45, 2.75) is 12.5 Å². The summed E-state index contributed by atoms with van der Waals surface area (Å²) < 4.78 is 11.4. The van der Waals surface area contributed by atoms with Crippen LogP contribution in [0.15, 0.2) is 66.9 Å². The van der Waals surface area contributed by atoms with Crippen LogP contribution >= 0.6 is 0 Å². The number of carbonyl (C=O) groups is 1. The van der Waals surface area contributed by atoms with Gasteiger partial charge in [-0.3, -0.25) is 0 Å². The minimum Gasteiger partial charge on any atom is -0.486 e. The van der Waals surface area contributed by atoms with Gasteiger partial charge in [-0.2, -0.15) is 4.98 Å². The first-order valence-corrected chi connectivity index (χ1v) is 9.20. The summed E-state index contributed by atoms with van der Waals surface area (Å²) in [5, 5.41) is 9.12. The van der Waals surface area contributed by atoms with E-state index >= 15 is 0 Å². The van der Waals surface area contributed by atoms with Crippen LogP contribution in [0, 0.1) is 0 Å². The van der Waals surface area contributed by atoms with E-state index in [0.717, 1.165) is 16.8 Å². The van der Waals surface area contributed by atoms with Gasteiger partial charge in [-0.05, 0) is 23.8 Å². The molecule has 0 radical (unpaired) electrons. The standard InChI is InChI=1S/C22H23N3O4/c1-25(22(26)27)14-12-20(16-7-4-3-5-8-16)29-18-10-6-9-17(15-18)19-11-13-23-21(24-19)28-2/h3-11,13,15,20H,12,14H2,1-2H3,(H,26,27). The maximum atomic E-state index is 11.1. The van der Waals surface area contributed by atoms with E-state index in [4.69, 9.17) is 14.6 Å². The average Bonchev–Trinajstić information content (AvgIpc) is 2.77. The molecule has 1 N–H and O–H groups in total. The fourth-order valence-electron chi connectivity index (χ4n) is 2.86. The van der Waals surface area contributed by atoms with Gasteiger partial charge < -0.3 is 19.5 Å². The van der Waals surface area contributed by atoms with Gasteiger partial charge in [0.2, 0.25) is 0 Å². The van der Waals surface area contributed by atoms with Gasteiger partial charge in [0.25, 0.3) is 0 Å². The van der Waals surface area contributed by atoms with Crippen molar-refractivity contribution in [1.29, 1.82) is 0 Å². The van der Waals surface area contributed by atoms with Crippen LogP contribution in [0.5, 0.6) is 11.8 Å². The molecule has 0 saturated heterocycles. The second-order valence-electron chi connectivity index (χ2n) is 6.47. The second-order valence-corrected chi connectivity index (χ2v) is 6.47. The van der Waals surface area contributed by atoms with Crippen molar-refractivity contribution in [3.63, 3.8) is 0 Å². The molecule has 150 valence electrons. The number of methoxy groups -OCH3 is 1. The van der Waals surface area contributed by atoms with Crippen LogP contribution in [0.3, 0.4) is 0 Å². The lowest BCUT2D eigenvalue weighted by Crippen LogP contribution is -2.27. The molecule has 0 bridgehead atoms. The Morgan fingerprint density at radius 1 is 1.14 bits per heavy atom. The SMILES string of the molecule is COc1nccc(-c2cccc(OC(CCN(C)C(=O)O)c3ccccc3)c2)n1. The summed E-state index contributed by atoms with van der Waals surface area (Å²) in [6.45, 7) is 0.359. The molecular formula is C22H23N3O4. The highest BCUT2D eigenvalue weighted by atomic mass is 16.5. The number of nitrogens with zero attached hydrogens (tertiary/aromatic N) is 3. The molecule has 1 atom stereocenters. The lowest BCUT2D eigenvalue weighted by molar-refractivity contribution is 0.140. The zero-order chi connectivity index (χ0) is 20.6. The van der Waals surface area contributed by atoms with Crippen LogP contribution in [0.1, 0.15) is 18.1 Å². The smallest absolute Gasteiger partial charge is 0.407 e. The molecule has 1 heterocycles. The Morgan fingerprint density at radius 3 is 2.66 bits per heavy atom. The van der Waals surface area contributed by atoms with Crippen molar-refractivity contribution in [3.05, 3.63) is 72.4 Å². The van der Waals surface area contributed by atoms with Gasteiger partial charge >= 0.3 is 12.1 Å². The fraction of sp³-hybridized carbons (Fsp3) is 0.227. The third kappa shape index (κ3) is 5.44. The van der Waals surface area contributed by atoms with Gasteiger partial charge in [0.15, 0.2) is 0 Å². The maximum Gasteiger partial charge on any atom is 0.407 e. The number of benzene rings is 2. The molecule has 3 rings (SSSR count). The minimum absolute atomic E-state index is 0.284. The Bertz CT molecular complexity index is 950. The van der Waals surface area contributed by atoms with E-state index in [1.165, 1.54) is 12.0 Å². The van der Waals surface area contributed by atoms with E-state index in [9.17, 15) is 4.79 Å². The van der Waals surface area contributed by atoms with E-state index in [-0.39, 0.29) is 6.10 Å². The molecule has 0 saturated carbocycles. The van der Waals surface area contributed by atoms with Gasteiger partial charge in [0, 0.05) is 31.8 Å². The van der Waals surface area contributed by atoms with Gasteiger partial charge in [0.1, 0.15) is 11.9 Å². The third-order valence-electron chi connectivity index (χ3n) is 4.45. The normalized spacial score (nSPS) is 11.5. The van der Waals surface area contributed by atoms with E-state index in [1.807, 2.05) is 54.6 Å². The molecule has 0 spiro atoms. The molecule has 7 nitrogen and oxygen atoms in total. The van der Waals surface area contributed by atoms with Crippen molar-refractivity contribution >= 4 is 6.09 Å². The summed E-state index contributed by atoms with van der Waals surface area (Å²) in [5.74, 6) is 0.673. The summed E-state index contributed by atoms with van der Waals surface area (Å²) >= 11 is 0. The van der Waals surface area contributed by atoms with Gasteiger partial charge in [-0.25, -0.2) is 9.78 Å². The number of amides is 1. The quantitative estimate of drug-likeness (QED) is 0.615. The molecule has 7 heteroatoms. The highest BCUT2D eigenvalue weighted by molar-refractivity contribution is 5.64. The van der Waals surface area contributed by atoms with Crippen LogP contribution in [0.4, 0.5) is 4.79 Å². The Labute approximate surface area is 169 Å². The summed E-state index contributed by atoms with van der Waals surface area (Å²) in [5.41, 5.74) is 2.59. The Morgan fingerprint density at radius 2 is 1.93 bits per heavy atom. The van der Waals surface area contributed by atoms with Gasteiger partial charge in [-0.1, -0.05) is 42.5 Å². The van der Waals surface area contributed by atoms with E-state index in [0.29, 0.717) is 24.7 Å². The van der Waals surface area contributed by atoms with Crippen LogP contribution < -0.4 is 9.47 Å². The number of aromatic nitrogens is 2. The van der Waals surface area contributed by atoms with E-state index < -0.39 is 6.09 Å². The monoisotopic (exact) mass is 393 g/mol. The number of rotatable bonds is 8. The Kier molecular flexibility index (Phi) is 6.63. The first-order valence-electron chi connectivity index (χ1n) is 9.20. The van der Waals surface area contributed by atoms with E-state index in [1.54, 1.807) is 19.3 Å². The predicted octanol–water partition coefficient (Wildman–Crippen LogP) is 4.27. The highest BCUT2D eigenvalue weighted by Gasteiger charge is 2.16. The van der Waals surface area contributed by atoms with Crippen molar-refractivity contribution in [3.8, 4) is 23.0 Å². The van der Waals surface area contributed by atoms with Crippen molar-refractivity contribution in [2.24, 2.45) is 0 Å². The number of ether oxygens (including phenoxy) is 2. The summed E-state index contributed by atoms with van der Waals surface area (Å²) in [6, 6.07) is 19.5. The molecule has 1 unspecified atom stereocenters. The third-order valence-corrected chi connectivity index (χ3v) is 4.45. The highest BCUT2D eigenvalue weighted by Crippen LogP contribution is 2.28. The zero-order valence-electron chi connectivity index (χ0n) is 16.4. The van der Waals surface area contributed by atoms with Crippen molar-refractivity contribution in [1.82, 2.24) is 14.9 Å². The molecule has 1 aromatic heterocycles. The van der Waals surface area contributed by atoms with Crippen LogP contribution in [-0.4, -0.2) is 46.8 Å². The molecule has 0 aliphatic carbocycles. The molecule has 3 aromatic rings. The average molecular weight is 393 g/mol. The molecule has 29 heavy (non-hydrogen) atoms. The van der Waals surface area contributed by atoms with Gasteiger partial charge in [-0.15, -0.1) is 0 Å². The Hall–Kier alpha value is -3.61. The van der Waals surface area contributed by atoms with Crippen molar-refractivity contribution in [2.75, 3.05) is 20.7 Å². The Balaban J connectivity index is 1.82. The van der Waals surface area contributed by atoms with E-state index in [2.05, 4.69) is 9.97 Å². The molecule has 0 fully saturated rings. The molecule has 0 aliphatic rings. The molecule has 0 aliphatic heterocycles. The lowest BCUT2D eigenvalue weighted by atomic mass is 10.1. The molecular weight excluding hydrogens is 370 g/mol. The molecule has 1 amide bonds.